The van der Waals surface area contributed by atoms with Gasteiger partial charge in [0.15, 0.2) is 11.5 Å². The first-order valence-corrected chi connectivity index (χ1v) is 5.79. The number of ether oxygens (including phenoxy) is 2. The summed E-state index contributed by atoms with van der Waals surface area (Å²) in [6.45, 7) is 1.11. The van der Waals surface area contributed by atoms with E-state index in [0.717, 1.165) is 22.6 Å². The maximum atomic E-state index is 10.7. The van der Waals surface area contributed by atoms with Crippen molar-refractivity contribution in [1.82, 2.24) is 9.97 Å². The summed E-state index contributed by atoms with van der Waals surface area (Å²) in [7, 11) is 0. The minimum Gasteiger partial charge on any atom is -0.486 e. The number of aryl methyl sites for hydroxylation is 1. The maximum Gasteiger partial charge on any atom is 0.217 e. The molecule has 0 spiro atoms. The second-order valence-electron chi connectivity index (χ2n) is 4.16. The van der Waals surface area contributed by atoms with Crippen LogP contribution in [0.4, 0.5) is 0 Å². The summed E-state index contributed by atoms with van der Waals surface area (Å²) < 4.78 is 11.0. The molecule has 0 atom stereocenters. The fourth-order valence-corrected chi connectivity index (χ4v) is 1.96. The normalized spacial score (nSPS) is 13.8. The Hall–Kier alpha value is -2.24. The fourth-order valence-electron chi connectivity index (χ4n) is 1.96. The number of carbonyl (C=O) groups excluding carboxylic acids is 1. The Balaban J connectivity index is 1.93. The summed E-state index contributed by atoms with van der Waals surface area (Å²) in [5.74, 6) is 1.84. The molecule has 0 bridgehead atoms. The van der Waals surface area contributed by atoms with Crippen molar-refractivity contribution in [2.75, 3.05) is 13.2 Å². The third kappa shape index (κ3) is 1.97. The molecule has 0 radical (unpaired) electrons. The summed E-state index contributed by atoms with van der Waals surface area (Å²) in [6.07, 6.45) is 0.795. The second-order valence-corrected chi connectivity index (χ2v) is 4.16. The Labute approximate surface area is 103 Å². The van der Waals surface area contributed by atoms with Crippen molar-refractivity contribution in [1.29, 1.82) is 0 Å². The molecule has 0 saturated heterocycles. The SMILES string of the molecule is NC(=O)CCc1nc2cc3c(cc2[nH]1)OCCO3. The monoisotopic (exact) mass is 247 g/mol. The predicted molar refractivity (Wildman–Crippen MR) is 64.6 cm³/mol. The Morgan fingerprint density at radius 3 is 2.78 bits per heavy atom. The second kappa shape index (κ2) is 4.21. The first-order chi connectivity index (χ1) is 8.72. The molecule has 18 heavy (non-hydrogen) atoms. The number of H-pyrrole nitrogens is 1. The van der Waals surface area contributed by atoms with E-state index in [-0.39, 0.29) is 12.3 Å². The number of nitrogens with two attached hydrogens (primary N) is 1. The number of rotatable bonds is 3. The number of hydrogen-bond acceptors (Lipinski definition) is 4. The number of primary amides is 1. The van der Waals surface area contributed by atoms with Gasteiger partial charge in [-0.2, -0.15) is 0 Å². The highest BCUT2D eigenvalue weighted by Gasteiger charge is 2.14. The van der Waals surface area contributed by atoms with E-state index < -0.39 is 0 Å². The molecule has 6 nitrogen and oxygen atoms in total. The lowest BCUT2D eigenvalue weighted by Crippen LogP contribution is -2.15. The summed E-state index contributed by atoms with van der Waals surface area (Å²) >= 11 is 0. The smallest absolute Gasteiger partial charge is 0.217 e. The zero-order valence-corrected chi connectivity index (χ0v) is 9.73. The number of benzene rings is 1. The van der Waals surface area contributed by atoms with Crippen LogP contribution in [-0.2, 0) is 11.2 Å². The van der Waals surface area contributed by atoms with E-state index >= 15 is 0 Å². The topological polar surface area (TPSA) is 90.2 Å². The first-order valence-electron chi connectivity index (χ1n) is 5.79. The first kappa shape index (κ1) is 10.9. The van der Waals surface area contributed by atoms with Crippen LogP contribution >= 0.6 is 0 Å². The highest BCUT2D eigenvalue weighted by molar-refractivity contribution is 5.80. The van der Waals surface area contributed by atoms with Crippen molar-refractivity contribution in [3.63, 3.8) is 0 Å². The van der Waals surface area contributed by atoms with Crippen molar-refractivity contribution in [2.45, 2.75) is 12.8 Å². The lowest BCUT2D eigenvalue weighted by atomic mass is 10.2. The highest BCUT2D eigenvalue weighted by Crippen LogP contribution is 2.33. The van der Waals surface area contributed by atoms with E-state index in [1.54, 1.807) is 0 Å². The quantitative estimate of drug-likeness (QED) is 0.837. The van der Waals surface area contributed by atoms with Crippen LogP contribution in [-0.4, -0.2) is 29.1 Å². The highest BCUT2D eigenvalue weighted by atomic mass is 16.6. The van der Waals surface area contributed by atoms with Gasteiger partial charge in [-0.3, -0.25) is 4.79 Å². The van der Waals surface area contributed by atoms with Crippen molar-refractivity contribution < 1.29 is 14.3 Å². The Morgan fingerprint density at radius 1 is 1.33 bits per heavy atom. The molecule has 2 aromatic rings. The number of carbonyl (C=O) groups is 1. The van der Waals surface area contributed by atoms with Crippen LogP contribution in [0.1, 0.15) is 12.2 Å². The molecule has 1 aromatic carbocycles. The standard InChI is InChI=1S/C12H13N3O3/c13-11(16)1-2-12-14-7-5-9-10(6-8(7)15-12)18-4-3-17-9/h5-6H,1-4H2,(H2,13,16)(H,14,15). The van der Waals surface area contributed by atoms with Crippen LogP contribution in [0.3, 0.4) is 0 Å². The number of nitrogens with one attached hydrogen (secondary N) is 1. The zero-order chi connectivity index (χ0) is 12.5. The third-order valence-corrected chi connectivity index (χ3v) is 2.80. The molecule has 6 heteroatoms. The van der Waals surface area contributed by atoms with Crippen molar-refractivity contribution in [3.05, 3.63) is 18.0 Å². The van der Waals surface area contributed by atoms with Crippen LogP contribution in [0.2, 0.25) is 0 Å². The lowest BCUT2D eigenvalue weighted by Gasteiger charge is -2.17. The number of fused-ring (bicyclic) bond motifs is 2. The molecule has 1 aliphatic rings. The van der Waals surface area contributed by atoms with Gasteiger partial charge in [0.1, 0.15) is 19.0 Å². The summed E-state index contributed by atoms with van der Waals surface area (Å²) in [4.78, 5) is 18.3. The molecule has 3 rings (SSSR count). The van der Waals surface area contributed by atoms with Gasteiger partial charge < -0.3 is 20.2 Å². The Morgan fingerprint density at radius 2 is 2.06 bits per heavy atom. The van der Waals surface area contributed by atoms with Gasteiger partial charge in [0.2, 0.25) is 5.91 Å². The van der Waals surface area contributed by atoms with Gasteiger partial charge in [-0.15, -0.1) is 0 Å². The van der Waals surface area contributed by atoms with Crippen LogP contribution in [0.25, 0.3) is 11.0 Å². The molecular formula is C12H13N3O3. The molecular weight excluding hydrogens is 234 g/mol. The molecule has 1 aliphatic heterocycles. The van der Waals surface area contributed by atoms with E-state index in [9.17, 15) is 4.79 Å². The number of aromatic amines is 1. The van der Waals surface area contributed by atoms with E-state index in [1.165, 1.54) is 0 Å². The van der Waals surface area contributed by atoms with E-state index in [0.29, 0.717) is 25.4 Å². The van der Waals surface area contributed by atoms with Crippen LogP contribution in [0.5, 0.6) is 11.5 Å². The van der Waals surface area contributed by atoms with Crippen LogP contribution < -0.4 is 15.2 Å². The Bertz CT molecular complexity index is 563. The van der Waals surface area contributed by atoms with Crippen LogP contribution in [0.15, 0.2) is 12.1 Å². The third-order valence-electron chi connectivity index (χ3n) is 2.80. The molecule has 0 aliphatic carbocycles. The molecule has 3 N–H and O–H groups in total. The van der Waals surface area contributed by atoms with E-state index in [4.69, 9.17) is 15.2 Å². The maximum absolute atomic E-state index is 10.7. The Kier molecular flexibility index (Phi) is 2.55. The predicted octanol–water partition coefficient (Wildman–Crippen LogP) is 0.752. The number of aromatic nitrogens is 2. The summed E-state index contributed by atoms with van der Waals surface area (Å²) in [6, 6.07) is 3.71. The minimum atomic E-state index is -0.332. The van der Waals surface area contributed by atoms with Crippen LogP contribution in [0, 0.1) is 0 Å². The molecule has 0 fully saturated rings. The summed E-state index contributed by atoms with van der Waals surface area (Å²) in [5, 5.41) is 0. The van der Waals surface area contributed by atoms with Gasteiger partial charge in [0.05, 0.1) is 11.0 Å². The molecule has 94 valence electrons. The largest absolute Gasteiger partial charge is 0.486 e. The average Bonchev–Trinajstić information content (AvgIpc) is 2.75. The number of hydrogen-bond donors (Lipinski definition) is 2. The van der Waals surface area contributed by atoms with E-state index in [1.807, 2.05) is 12.1 Å². The minimum absolute atomic E-state index is 0.284. The van der Waals surface area contributed by atoms with Crippen molar-refractivity contribution >= 4 is 16.9 Å². The molecule has 1 amide bonds. The average molecular weight is 247 g/mol. The molecule has 2 heterocycles. The zero-order valence-electron chi connectivity index (χ0n) is 9.73. The molecule has 0 saturated carbocycles. The van der Waals surface area contributed by atoms with Gasteiger partial charge in [-0.25, -0.2) is 4.98 Å². The lowest BCUT2D eigenvalue weighted by molar-refractivity contribution is -0.118. The molecule has 0 unspecified atom stereocenters. The van der Waals surface area contributed by atoms with Crippen molar-refractivity contribution in [2.24, 2.45) is 5.73 Å². The summed E-state index contributed by atoms with van der Waals surface area (Å²) in [5.41, 5.74) is 6.79. The fraction of sp³-hybridized carbons (Fsp3) is 0.333. The van der Waals surface area contributed by atoms with E-state index in [2.05, 4.69) is 9.97 Å². The van der Waals surface area contributed by atoms with Gasteiger partial charge in [-0.1, -0.05) is 0 Å². The number of nitrogens with zero attached hydrogens (tertiary/aromatic N) is 1. The van der Waals surface area contributed by atoms with Gasteiger partial charge in [0, 0.05) is 25.0 Å². The van der Waals surface area contributed by atoms with Gasteiger partial charge in [-0.05, 0) is 0 Å². The van der Waals surface area contributed by atoms with Crippen molar-refractivity contribution in [3.8, 4) is 11.5 Å². The number of amides is 1. The number of imidazole rings is 1. The molecule has 1 aromatic heterocycles. The van der Waals surface area contributed by atoms with Gasteiger partial charge >= 0.3 is 0 Å². The van der Waals surface area contributed by atoms with Gasteiger partial charge in [0.25, 0.3) is 0 Å².